The van der Waals surface area contributed by atoms with E-state index in [4.69, 9.17) is 10.5 Å². The highest BCUT2D eigenvalue weighted by Gasteiger charge is 2.28. The maximum atomic E-state index is 11.6. The number of aryl methyl sites for hydroxylation is 2. The number of aromatic nitrogens is 1. The average Bonchev–Trinajstić information content (AvgIpc) is 3.00. The summed E-state index contributed by atoms with van der Waals surface area (Å²) in [5, 5.41) is 0. The Morgan fingerprint density at radius 1 is 1.28 bits per heavy atom. The monoisotopic (exact) mass is 339 g/mol. The lowest BCUT2D eigenvalue weighted by Gasteiger charge is -2.23. The molecule has 2 N–H and O–H groups in total. The number of amides is 1. The number of pyridine rings is 1. The number of aldehydes is 1. The molecule has 1 unspecified atom stereocenters. The van der Waals surface area contributed by atoms with Gasteiger partial charge in [-0.2, -0.15) is 0 Å². The first-order valence-electron chi connectivity index (χ1n) is 8.21. The van der Waals surface area contributed by atoms with E-state index in [-0.39, 0.29) is 6.10 Å². The van der Waals surface area contributed by atoms with Gasteiger partial charge in [-0.25, -0.2) is 4.79 Å². The predicted molar refractivity (Wildman–Crippen MR) is 95.8 cm³/mol. The number of hydrogen-bond donors (Lipinski definition) is 1. The van der Waals surface area contributed by atoms with Crippen LogP contribution in [0.2, 0.25) is 0 Å². The number of rotatable bonds is 4. The van der Waals surface area contributed by atoms with Crippen LogP contribution in [0.3, 0.4) is 0 Å². The summed E-state index contributed by atoms with van der Waals surface area (Å²) in [6.45, 7) is 5.27. The van der Waals surface area contributed by atoms with Crippen molar-refractivity contribution < 1.29 is 14.3 Å². The molecule has 1 fully saturated rings. The zero-order valence-electron chi connectivity index (χ0n) is 14.4. The van der Waals surface area contributed by atoms with Crippen LogP contribution in [0.4, 0.5) is 10.5 Å². The maximum Gasteiger partial charge on any atom is 0.404 e. The van der Waals surface area contributed by atoms with Gasteiger partial charge in [-0.05, 0) is 19.4 Å². The first kappa shape index (κ1) is 17.0. The fourth-order valence-electron chi connectivity index (χ4n) is 3.44. The predicted octanol–water partition coefficient (Wildman–Crippen LogP) is 2.85. The molecule has 0 bridgehead atoms. The third kappa shape index (κ3) is 3.63. The van der Waals surface area contributed by atoms with E-state index >= 15 is 0 Å². The summed E-state index contributed by atoms with van der Waals surface area (Å²) in [5.41, 5.74) is 10.7. The minimum atomic E-state index is -0.772. The number of carbonyl (C=O) groups is 2. The molecule has 1 amide bonds. The van der Waals surface area contributed by atoms with Gasteiger partial charge in [-0.1, -0.05) is 29.3 Å². The Bertz CT molecular complexity index is 799. The quantitative estimate of drug-likeness (QED) is 0.866. The Hall–Kier alpha value is -2.89. The van der Waals surface area contributed by atoms with Crippen LogP contribution in [0.15, 0.2) is 30.6 Å². The van der Waals surface area contributed by atoms with Crippen molar-refractivity contribution in [1.29, 1.82) is 0 Å². The van der Waals surface area contributed by atoms with Crippen molar-refractivity contribution in [3.05, 3.63) is 47.3 Å². The summed E-state index contributed by atoms with van der Waals surface area (Å²) >= 11 is 0. The van der Waals surface area contributed by atoms with Crippen LogP contribution >= 0.6 is 0 Å². The molecule has 0 saturated carbocycles. The molecular weight excluding hydrogens is 318 g/mol. The van der Waals surface area contributed by atoms with Gasteiger partial charge >= 0.3 is 6.09 Å². The van der Waals surface area contributed by atoms with Crippen LogP contribution < -0.4 is 10.6 Å². The topological polar surface area (TPSA) is 85.5 Å². The molecule has 0 aliphatic carbocycles. The average molecular weight is 339 g/mol. The lowest BCUT2D eigenvalue weighted by atomic mass is 9.98. The van der Waals surface area contributed by atoms with Crippen LogP contribution in [0.5, 0.6) is 0 Å². The SMILES string of the molecule is Cc1cc(C)cc(-c2cncc(C=O)c2N2CCC(OC(N)=O)C2)c1. The Kier molecular flexibility index (Phi) is 4.70. The fourth-order valence-corrected chi connectivity index (χ4v) is 3.44. The summed E-state index contributed by atoms with van der Waals surface area (Å²) in [7, 11) is 0. The Balaban J connectivity index is 2.03. The van der Waals surface area contributed by atoms with Gasteiger partial charge in [0.1, 0.15) is 6.10 Å². The highest BCUT2D eigenvalue weighted by molar-refractivity contribution is 5.92. The molecular formula is C19H21N3O3. The normalized spacial score (nSPS) is 16.7. The highest BCUT2D eigenvalue weighted by Crippen LogP contribution is 2.35. The zero-order valence-corrected chi connectivity index (χ0v) is 14.4. The number of ether oxygens (including phenoxy) is 1. The van der Waals surface area contributed by atoms with Crippen molar-refractivity contribution in [2.24, 2.45) is 5.73 Å². The third-order valence-corrected chi connectivity index (χ3v) is 4.35. The summed E-state index contributed by atoms with van der Waals surface area (Å²) in [4.78, 5) is 28.9. The third-order valence-electron chi connectivity index (χ3n) is 4.35. The van der Waals surface area contributed by atoms with E-state index in [0.717, 1.165) is 34.2 Å². The van der Waals surface area contributed by atoms with Crippen molar-refractivity contribution in [3.8, 4) is 11.1 Å². The van der Waals surface area contributed by atoms with Crippen molar-refractivity contribution >= 4 is 18.1 Å². The summed E-state index contributed by atoms with van der Waals surface area (Å²) in [6, 6.07) is 6.26. The van der Waals surface area contributed by atoms with E-state index in [1.54, 1.807) is 12.4 Å². The zero-order chi connectivity index (χ0) is 18.0. The molecule has 0 spiro atoms. The standard InChI is InChI=1S/C19H21N3O3/c1-12-5-13(2)7-14(6-12)17-9-21-8-15(11-23)18(17)22-4-3-16(10-22)25-19(20)24/h5-9,11,16H,3-4,10H2,1-2H3,(H2,20,24). The van der Waals surface area contributed by atoms with Crippen molar-refractivity contribution in [2.75, 3.05) is 18.0 Å². The lowest BCUT2D eigenvalue weighted by Crippen LogP contribution is -2.27. The second-order valence-electron chi connectivity index (χ2n) is 6.41. The molecule has 0 radical (unpaired) electrons. The van der Waals surface area contributed by atoms with Gasteiger partial charge in [-0.3, -0.25) is 9.78 Å². The smallest absolute Gasteiger partial charge is 0.404 e. The van der Waals surface area contributed by atoms with Crippen LogP contribution in [0.25, 0.3) is 11.1 Å². The number of benzene rings is 1. The first-order chi connectivity index (χ1) is 12.0. The van der Waals surface area contributed by atoms with E-state index < -0.39 is 6.09 Å². The number of carbonyl (C=O) groups excluding carboxylic acids is 2. The molecule has 2 aromatic rings. The van der Waals surface area contributed by atoms with E-state index in [9.17, 15) is 9.59 Å². The van der Waals surface area contributed by atoms with Crippen LogP contribution in [-0.4, -0.2) is 36.6 Å². The van der Waals surface area contributed by atoms with Crippen LogP contribution in [-0.2, 0) is 4.74 Å². The Morgan fingerprint density at radius 2 is 2.00 bits per heavy atom. The minimum absolute atomic E-state index is 0.266. The number of hydrogen-bond acceptors (Lipinski definition) is 5. The molecule has 1 saturated heterocycles. The summed E-state index contributed by atoms with van der Waals surface area (Å²) in [5.74, 6) is 0. The fraction of sp³-hybridized carbons (Fsp3) is 0.316. The molecule has 1 aromatic carbocycles. The number of nitrogens with two attached hydrogens (primary N) is 1. The minimum Gasteiger partial charge on any atom is -0.444 e. The van der Waals surface area contributed by atoms with Gasteiger partial charge < -0.3 is 15.4 Å². The molecule has 130 valence electrons. The molecule has 3 rings (SSSR count). The van der Waals surface area contributed by atoms with Crippen molar-refractivity contribution in [2.45, 2.75) is 26.4 Å². The van der Waals surface area contributed by atoms with Gasteiger partial charge in [0.25, 0.3) is 0 Å². The molecule has 1 atom stereocenters. The van der Waals surface area contributed by atoms with E-state index in [1.165, 1.54) is 0 Å². The summed E-state index contributed by atoms with van der Waals surface area (Å²) in [6.07, 6.45) is 3.80. The lowest BCUT2D eigenvalue weighted by molar-refractivity contribution is 0.112. The molecule has 6 heteroatoms. The van der Waals surface area contributed by atoms with Crippen molar-refractivity contribution in [3.63, 3.8) is 0 Å². The van der Waals surface area contributed by atoms with E-state index in [0.29, 0.717) is 25.1 Å². The van der Waals surface area contributed by atoms with Gasteiger partial charge in [0.05, 0.1) is 17.8 Å². The molecule has 25 heavy (non-hydrogen) atoms. The largest absolute Gasteiger partial charge is 0.444 e. The molecule has 1 aromatic heterocycles. The number of nitrogens with zero attached hydrogens (tertiary/aromatic N) is 2. The number of anilines is 1. The first-order valence-corrected chi connectivity index (χ1v) is 8.21. The van der Waals surface area contributed by atoms with Crippen LogP contribution in [0, 0.1) is 13.8 Å². The molecule has 2 heterocycles. The van der Waals surface area contributed by atoms with Crippen molar-refractivity contribution in [1.82, 2.24) is 4.98 Å². The number of primary amides is 1. The Morgan fingerprint density at radius 3 is 2.64 bits per heavy atom. The second-order valence-corrected chi connectivity index (χ2v) is 6.41. The Labute approximate surface area is 146 Å². The summed E-state index contributed by atoms with van der Waals surface area (Å²) < 4.78 is 5.11. The highest BCUT2D eigenvalue weighted by atomic mass is 16.6. The second kappa shape index (κ2) is 6.93. The van der Waals surface area contributed by atoms with E-state index in [2.05, 4.69) is 28.1 Å². The van der Waals surface area contributed by atoms with Gasteiger partial charge in [0.15, 0.2) is 6.29 Å². The van der Waals surface area contributed by atoms with Gasteiger partial charge in [-0.15, -0.1) is 0 Å². The van der Waals surface area contributed by atoms with E-state index in [1.807, 2.05) is 13.8 Å². The van der Waals surface area contributed by atoms with Gasteiger partial charge in [0, 0.05) is 30.9 Å². The molecule has 6 nitrogen and oxygen atoms in total. The van der Waals surface area contributed by atoms with Crippen LogP contribution in [0.1, 0.15) is 27.9 Å². The van der Waals surface area contributed by atoms with Gasteiger partial charge in [0.2, 0.25) is 0 Å². The molecule has 1 aliphatic rings. The molecule has 1 aliphatic heterocycles. The maximum absolute atomic E-state index is 11.6.